The average Bonchev–Trinajstić information content (AvgIpc) is 2.99. The Kier molecular flexibility index (Phi) is 2.09. The average molecular weight is 203 g/mol. The second kappa shape index (κ2) is 3.28. The van der Waals surface area contributed by atoms with Gasteiger partial charge in [-0.15, -0.1) is 6.42 Å². The van der Waals surface area contributed by atoms with Crippen molar-refractivity contribution in [2.45, 2.75) is 18.4 Å². The maximum Gasteiger partial charge on any atom is 0.339 e. The second-order valence-corrected chi connectivity index (χ2v) is 3.42. The molecule has 0 amide bonds. The van der Waals surface area contributed by atoms with Crippen molar-refractivity contribution in [1.29, 1.82) is 0 Å². The minimum atomic E-state index is -1.04. The number of carboxylic acids is 1. The number of carboxylic acid groups (broad SMARTS) is 1. The van der Waals surface area contributed by atoms with Crippen LogP contribution < -0.4 is 4.74 Å². The van der Waals surface area contributed by atoms with Crippen molar-refractivity contribution < 1.29 is 14.6 Å². The zero-order valence-electron chi connectivity index (χ0n) is 7.93. The van der Waals surface area contributed by atoms with Crippen LogP contribution in [0.15, 0.2) is 18.5 Å². The topological polar surface area (TPSA) is 59.4 Å². The fourth-order valence-electron chi connectivity index (χ4n) is 1.24. The summed E-state index contributed by atoms with van der Waals surface area (Å²) in [5.74, 6) is 1.72. The van der Waals surface area contributed by atoms with Crippen LogP contribution in [0.4, 0.5) is 0 Å². The molecule has 1 heterocycles. The van der Waals surface area contributed by atoms with Crippen molar-refractivity contribution in [1.82, 2.24) is 4.98 Å². The lowest BCUT2D eigenvalue weighted by atomic mass is 10.2. The lowest BCUT2D eigenvalue weighted by Crippen LogP contribution is -2.17. The van der Waals surface area contributed by atoms with Gasteiger partial charge in [0.1, 0.15) is 5.56 Å². The third kappa shape index (κ3) is 1.77. The first-order chi connectivity index (χ1) is 7.17. The number of hydrogen-bond acceptors (Lipinski definition) is 3. The molecule has 1 aromatic heterocycles. The van der Waals surface area contributed by atoms with Gasteiger partial charge in [-0.05, 0) is 6.07 Å². The second-order valence-electron chi connectivity index (χ2n) is 3.42. The highest BCUT2D eigenvalue weighted by Crippen LogP contribution is 2.40. The Balaban J connectivity index is 2.29. The zero-order chi connectivity index (χ0) is 10.9. The van der Waals surface area contributed by atoms with Crippen LogP contribution in [0.3, 0.4) is 0 Å². The number of nitrogens with zero attached hydrogens (tertiary/aromatic N) is 1. The molecule has 1 saturated carbocycles. The van der Waals surface area contributed by atoms with E-state index in [9.17, 15) is 4.79 Å². The first-order valence-electron chi connectivity index (χ1n) is 4.51. The monoisotopic (exact) mass is 203 g/mol. The molecule has 1 aliphatic rings. The Morgan fingerprint density at radius 2 is 2.40 bits per heavy atom. The van der Waals surface area contributed by atoms with Crippen LogP contribution in [0.25, 0.3) is 0 Å². The molecule has 1 aromatic rings. The van der Waals surface area contributed by atoms with Crippen LogP contribution in [-0.4, -0.2) is 21.7 Å². The van der Waals surface area contributed by atoms with E-state index in [2.05, 4.69) is 10.9 Å². The van der Waals surface area contributed by atoms with Gasteiger partial charge in [-0.2, -0.15) is 0 Å². The minimum absolute atomic E-state index is 0.0894. The predicted octanol–water partition coefficient (Wildman–Crippen LogP) is 1.32. The summed E-state index contributed by atoms with van der Waals surface area (Å²) in [6, 6.07) is 1.39. The van der Waals surface area contributed by atoms with Crippen LogP contribution in [0, 0.1) is 12.3 Å². The third-order valence-electron chi connectivity index (χ3n) is 2.29. The summed E-state index contributed by atoms with van der Waals surface area (Å²) in [4.78, 5) is 14.7. The van der Waals surface area contributed by atoms with E-state index in [1.165, 1.54) is 18.5 Å². The molecule has 0 radical (unpaired) electrons. The maximum atomic E-state index is 10.9. The fourth-order valence-corrected chi connectivity index (χ4v) is 1.24. The smallest absolute Gasteiger partial charge is 0.339 e. The van der Waals surface area contributed by atoms with Gasteiger partial charge in [0, 0.05) is 19.0 Å². The van der Waals surface area contributed by atoms with Crippen LogP contribution in [-0.2, 0) is 0 Å². The number of hydrogen-bond donors (Lipinski definition) is 1. The largest absolute Gasteiger partial charge is 0.478 e. The molecule has 2 rings (SSSR count). The first kappa shape index (κ1) is 9.53. The molecule has 1 N–H and O–H groups in total. The van der Waals surface area contributed by atoms with E-state index >= 15 is 0 Å². The molecular formula is C11H9NO3. The van der Waals surface area contributed by atoms with Crippen molar-refractivity contribution >= 4 is 5.97 Å². The number of pyridine rings is 1. The maximum absolute atomic E-state index is 10.9. The number of aromatic carboxylic acids is 1. The summed E-state index contributed by atoms with van der Waals surface area (Å²) in [7, 11) is 0. The van der Waals surface area contributed by atoms with Gasteiger partial charge in [-0.25, -0.2) is 4.79 Å². The molecule has 0 aromatic carbocycles. The Bertz CT molecular complexity index is 443. The molecule has 0 saturated heterocycles. The molecule has 1 aliphatic carbocycles. The Hall–Kier alpha value is -2.02. The van der Waals surface area contributed by atoms with E-state index in [1.807, 2.05) is 0 Å². The van der Waals surface area contributed by atoms with Crippen molar-refractivity contribution in [2.24, 2.45) is 0 Å². The summed E-state index contributed by atoms with van der Waals surface area (Å²) in [5, 5.41) is 8.90. The molecule has 1 fully saturated rings. The number of terminal acetylenes is 1. The lowest BCUT2D eigenvalue weighted by molar-refractivity contribution is 0.0690. The van der Waals surface area contributed by atoms with Gasteiger partial charge in [0.25, 0.3) is 0 Å². The summed E-state index contributed by atoms with van der Waals surface area (Å²) in [6.45, 7) is 0. The number of carbonyl (C=O) groups is 1. The van der Waals surface area contributed by atoms with E-state index in [1.54, 1.807) is 0 Å². The van der Waals surface area contributed by atoms with Gasteiger partial charge in [0.15, 0.2) is 11.4 Å². The van der Waals surface area contributed by atoms with E-state index < -0.39 is 11.6 Å². The molecule has 4 heteroatoms. The highest BCUT2D eigenvalue weighted by molar-refractivity contribution is 5.90. The van der Waals surface area contributed by atoms with Crippen LogP contribution in [0.2, 0.25) is 0 Å². The summed E-state index contributed by atoms with van der Waals surface area (Å²) in [5.41, 5.74) is -0.515. The van der Waals surface area contributed by atoms with E-state index in [-0.39, 0.29) is 11.3 Å². The SMILES string of the molecule is C#CC1(Oc2cnccc2C(=O)O)CC1. The van der Waals surface area contributed by atoms with Gasteiger partial charge in [0.05, 0.1) is 6.20 Å². The predicted molar refractivity (Wildman–Crippen MR) is 52.6 cm³/mol. The Labute approximate surface area is 86.9 Å². The summed E-state index contributed by atoms with van der Waals surface area (Å²) < 4.78 is 5.48. The lowest BCUT2D eigenvalue weighted by Gasteiger charge is -2.12. The molecule has 0 unspecified atom stereocenters. The quantitative estimate of drug-likeness (QED) is 0.753. The van der Waals surface area contributed by atoms with Gasteiger partial charge in [-0.3, -0.25) is 4.98 Å². The van der Waals surface area contributed by atoms with Crippen molar-refractivity contribution in [2.75, 3.05) is 0 Å². The molecule has 15 heavy (non-hydrogen) atoms. The molecule has 0 spiro atoms. The van der Waals surface area contributed by atoms with E-state index in [0.717, 1.165) is 12.8 Å². The molecule has 4 nitrogen and oxygen atoms in total. The molecule has 76 valence electrons. The Morgan fingerprint density at radius 3 is 2.93 bits per heavy atom. The van der Waals surface area contributed by atoms with E-state index in [0.29, 0.717) is 0 Å². The fraction of sp³-hybridized carbons (Fsp3) is 0.273. The molecule has 0 atom stereocenters. The van der Waals surface area contributed by atoms with Crippen LogP contribution in [0.1, 0.15) is 23.2 Å². The number of rotatable bonds is 3. The number of ether oxygens (including phenoxy) is 1. The van der Waals surface area contributed by atoms with Gasteiger partial charge < -0.3 is 9.84 Å². The molecule has 0 aliphatic heterocycles. The summed E-state index contributed by atoms with van der Waals surface area (Å²) in [6.07, 6.45) is 9.61. The van der Waals surface area contributed by atoms with Gasteiger partial charge in [-0.1, -0.05) is 5.92 Å². The Morgan fingerprint density at radius 1 is 1.67 bits per heavy atom. The highest BCUT2D eigenvalue weighted by Gasteiger charge is 2.44. The zero-order valence-corrected chi connectivity index (χ0v) is 7.93. The van der Waals surface area contributed by atoms with Gasteiger partial charge in [0.2, 0.25) is 0 Å². The summed E-state index contributed by atoms with van der Waals surface area (Å²) >= 11 is 0. The third-order valence-corrected chi connectivity index (χ3v) is 2.29. The van der Waals surface area contributed by atoms with Crippen LogP contribution >= 0.6 is 0 Å². The van der Waals surface area contributed by atoms with Crippen molar-refractivity contribution in [3.8, 4) is 18.1 Å². The highest BCUT2D eigenvalue weighted by atomic mass is 16.5. The number of aromatic nitrogens is 1. The van der Waals surface area contributed by atoms with Crippen LogP contribution in [0.5, 0.6) is 5.75 Å². The standard InChI is InChI=1S/C11H9NO3/c1-2-11(4-5-11)15-9-7-12-6-3-8(9)10(13)14/h1,3,6-7H,4-5H2,(H,13,14). The molecule has 0 bridgehead atoms. The molecular weight excluding hydrogens is 194 g/mol. The van der Waals surface area contributed by atoms with Crippen molar-refractivity contribution in [3.05, 3.63) is 24.0 Å². The van der Waals surface area contributed by atoms with Crippen molar-refractivity contribution in [3.63, 3.8) is 0 Å². The van der Waals surface area contributed by atoms with E-state index in [4.69, 9.17) is 16.3 Å². The first-order valence-corrected chi connectivity index (χ1v) is 4.51. The minimum Gasteiger partial charge on any atom is -0.478 e. The normalized spacial score (nSPS) is 16.5. The van der Waals surface area contributed by atoms with Gasteiger partial charge >= 0.3 is 5.97 Å².